The molecule has 1 aromatic carbocycles. The molecule has 14 heavy (non-hydrogen) atoms. The van der Waals surface area contributed by atoms with Crippen LogP contribution in [-0.4, -0.2) is 0 Å². The molecule has 70 valence electrons. The number of hydrogen-bond acceptors (Lipinski definition) is 2. The number of benzene rings is 1. The van der Waals surface area contributed by atoms with Gasteiger partial charge in [0.05, 0.1) is 17.0 Å². The molecule has 0 aliphatic heterocycles. The second-order valence-corrected chi connectivity index (χ2v) is 4.56. The Bertz CT molecular complexity index is 527. The summed E-state index contributed by atoms with van der Waals surface area (Å²) in [6.45, 7) is 0. The van der Waals surface area contributed by atoms with Crippen molar-refractivity contribution >= 4 is 37.4 Å². The SMILES string of the molecule is N#CCc1c(Br)c(F)cc2sccc12. The largest absolute Gasteiger partial charge is 0.206 e. The summed E-state index contributed by atoms with van der Waals surface area (Å²) in [7, 11) is 0. The van der Waals surface area contributed by atoms with Gasteiger partial charge >= 0.3 is 0 Å². The fourth-order valence-electron chi connectivity index (χ4n) is 1.37. The van der Waals surface area contributed by atoms with E-state index in [2.05, 4.69) is 15.9 Å². The molecule has 0 atom stereocenters. The molecule has 1 aromatic heterocycles. The molecule has 2 aromatic rings. The molecule has 0 fully saturated rings. The first kappa shape index (κ1) is 9.63. The summed E-state index contributed by atoms with van der Waals surface area (Å²) in [5.74, 6) is -0.301. The van der Waals surface area contributed by atoms with Crippen LogP contribution in [0, 0.1) is 17.1 Å². The van der Waals surface area contributed by atoms with Crippen molar-refractivity contribution in [1.82, 2.24) is 0 Å². The van der Waals surface area contributed by atoms with E-state index in [1.165, 1.54) is 17.4 Å². The Morgan fingerprint density at radius 2 is 2.36 bits per heavy atom. The van der Waals surface area contributed by atoms with Gasteiger partial charge in [0.15, 0.2) is 0 Å². The number of hydrogen-bond donors (Lipinski definition) is 0. The van der Waals surface area contributed by atoms with Crippen LogP contribution in [0.4, 0.5) is 4.39 Å². The summed E-state index contributed by atoms with van der Waals surface area (Å²) in [5.41, 5.74) is 0.740. The van der Waals surface area contributed by atoms with E-state index in [1.807, 2.05) is 17.5 Å². The Morgan fingerprint density at radius 1 is 1.57 bits per heavy atom. The Balaban J connectivity index is 2.81. The first-order valence-corrected chi connectivity index (χ1v) is 5.62. The zero-order chi connectivity index (χ0) is 10.1. The molecule has 0 amide bonds. The Hall–Kier alpha value is -0.920. The minimum absolute atomic E-state index is 0.228. The highest BCUT2D eigenvalue weighted by Gasteiger charge is 2.11. The normalized spacial score (nSPS) is 10.4. The van der Waals surface area contributed by atoms with Crippen molar-refractivity contribution in [2.75, 3.05) is 0 Å². The topological polar surface area (TPSA) is 23.8 Å². The average molecular weight is 270 g/mol. The maximum atomic E-state index is 13.4. The molecule has 0 spiro atoms. The molecule has 1 heterocycles. The zero-order valence-corrected chi connectivity index (χ0v) is 9.45. The lowest BCUT2D eigenvalue weighted by Crippen LogP contribution is -1.88. The fraction of sp³-hybridized carbons (Fsp3) is 0.100. The molecule has 0 N–H and O–H groups in total. The van der Waals surface area contributed by atoms with Crippen LogP contribution in [0.1, 0.15) is 5.56 Å². The summed E-state index contributed by atoms with van der Waals surface area (Å²) in [4.78, 5) is 0. The molecule has 0 saturated heterocycles. The molecular formula is C10H5BrFNS. The summed E-state index contributed by atoms with van der Waals surface area (Å²) in [6, 6.07) is 5.45. The van der Waals surface area contributed by atoms with Crippen LogP contribution in [0.5, 0.6) is 0 Å². The summed E-state index contributed by atoms with van der Waals surface area (Å²) < 4.78 is 14.7. The highest BCUT2D eigenvalue weighted by atomic mass is 79.9. The second kappa shape index (κ2) is 3.68. The standard InChI is InChI=1S/C10H5BrFNS/c11-10-7(1-3-13)6-2-4-14-9(6)5-8(10)12/h2,4-5H,1H2. The van der Waals surface area contributed by atoms with E-state index < -0.39 is 0 Å². The molecule has 0 radical (unpaired) electrons. The molecule has 0 aliphatic rings. The molecule has 4 heteroatoms. The minimum atomic E-state index is -0.301. The average Bonchev–Trinajstić information content (AvgIpc) is 2.60. The summed E-state index contributed by atoms with van der Waals surface area (Å²) in [6.07, 6.45) is 0.228. The molecule has 1 nitrogen and oxygen atoms in total. The molecule has 0 unspecified atom stereocenters. The van der Waals surface area contributed by atoms with Gasteiger partial charge in [-0.1, -0.05) is 0 Å². The van der Waals surface area contributed by atoms with E-state index >= 15 is 0 Å². The van der Waals surface area contributed by atoms with Crippen molar-refractivity contribution in [3.63, 3.8) is 0 Å². The van der Waals surface area contributed by atoms with Gasteiger partial charge < -0.3 is 0 Å². The van der Waals surface area contributed by atoms with E-state index in [4.69, 9.17) is 5.26 Å². The lowest BCUT2D eigenvalue weighted by molar-refractivity contribution is 0.621. The number of fused-ring (bicyclic) bond motifs is 1. The molecular weight excluding hydrogens is 265 g/mol. The van der Waals surface area contributed by atoms with Crippen LogP contribution in [0.3, 0.4) is 0 Å². The number of thiophene rings is 1. The highest BCUT2D eigenvalue weighted by Crippen LogP contribution is 2.32. The van der Waals surface area contributed by atoms with Gasteiger partial charge in [0.1, 0.15) is 5.82 Å². The van der Waals surface area contributed by atoms with Crippen LogP contribution in [-0.2, 0) is 6.42 Å². The van der Waals surface area contributed by atoms with Gasteiger partial charge in [-0.25, -0.2) is 4.39 Å². The van der Waals surface area contributed by atoms with Gasteiger partial charge in [-0.3, -0.25) is 0 Å². The van der Waals surface area contributed by atoms with Gasteiger partial charge in [0, 0.05) is 4.70 Å². The van der Waals surface area contributed by atoms with Gasteiger partial charge in [-0.2, -0.15) is 5.26 Å². The van der Waals surface area contributed by atoms with Crippen molar-refractivity contribution < 1.29 is 4.39 Å². The van der Waals surface area contributed by atoms with Crippen molar-refractivity contribution in [1.29, 1.82) is 5.26 Å². The molecule has 0 bridgehead atoms. The number of halogens is 2. The van der Waals surface area contributed by atoms with Crippen LogP contribution in [0.2, 0.25) is 0 Å². The summed E-state index contributed by atoms with van der Waals surface area (Å²) >= 11 is 4.65. The van der Waals surface area contributed by atoms with Gasteiger partial charge in [0.2, 0.25) is 0 Å². The van der Waals surface area contributed by atoms with Crippen LogP contribution in [0.15, 0.2) is 22.0 Å². The lowest BCUT2D eigenvalue weighted by atomic mass is 10.1. The summed E-state index contributed by atoms with van der Waals surface area (Å²) in [5, 5.41) is 11.5. The number of rotatable bonds is 1. The molecule has 2 rings (SSSR count). The van der Waals surface area contributed by atoms with Gasteiger partial charge in [-0.15, -0.1) is 11.3 Å². The third kappa shape index (κ3) is 1.43. The smallest absolute Gasteiger partial charge is 0.139 e. The van der Waals surface area contributed by atoms with E-state index in [1.54, 1.807) is 0 Å². The molecule has 0 saturated carbocycles. The minimum Gasteiger partial charge on any atom is -0.206 e. The van der Waals surface area contributed by atoms with Crippen molar-refractivity contribution in [2.24, 2.45) is 0 Å². The van der Waals surface area contributed by atoms with E-state index in [9.17, 15) is 4.39 Å². The third-order valence-corrected chi connectivity index (χ3v) is 3.73. The van der Waals surface area contributed by atoms with Crippen LogP contribution < -0.4 is 0 Å². The zero-order valence-electron chi connectivity index (χ0n) is 7.05. The van der Waals surface area contributed by atoms with Crippen LogP contribution in [0.25, 0.3) is 10.1 Å². The maximum Gasteiger partial charge on any atom is 0.139 e. The van der Waals surface area contributed by atoms with E-state index in [0.29, 0.717) is 4.47 Å². The van der Waals surface area contributed by atoms with Crippen molar-refractivity contribution in [3.8, 4) is 6.07 Å². The van der Waals surface area contributed by atoms with E-state index in [-0.39, 0.29) is 12.2 Å². The Morgan fingerprint density at radius 3 is 3.07 bits per heavy atom. The second-order valence-electron chi connectivity index (χ2n) is 2.82. The van der Waals surface area contributed by atoms with Crippen molar-refractivity contribution in [3.05, 3.63) is 33.4 Å². The van der Waals surface area contributed by atoms with Gasteiger partial charge in [0.25, 0.3) is 0 Å². The predicted octanol–water partition coefficient (Wildman–Crippen LogP) is 3.87. The predicted molar refractivity (Wildman–Crippen MR) is 58.8 cm³/mol. The lowest BCUT2D eigenvalue weighted by Gasteiger charge is -2.03. The monoisotopic (exact) mass is 269 g/mol. The number of nitrogens with zero attached hydrogens (tertiary/aromatic N) is 1. The quantitative estimate of drug-likeness (QED) is 0.771. The van der Waals surface area contributed by atoms with Crippen LogP contribution >= 0.6 is 27.3 Å². The van der Waals surface area contributed by atoms with Gasteiger partial charge in [-0.05, 0) is 44.4 Å². The Labute approximate surface area is 92.9 Å². The molecule has 0 aliphatic carbocycles. The highest BCUT2D eigenvalue weighted by molar-refractivity contribution is 9.10. The van der Waals surface area contributed by atoms with E-state index in [0.717, 1.165) is 15.6 Å². The fourth-order valence-corrected chi connectivity index (χ4v) is 2.68. The third-order valence-electron chi connectivity index (χ3n) is 2.01. The first-order valence-electron chi connectivity index (χ1n) is 3.95. The van der Waals surface area contributed by atoms with Crippen molar-refractivity contribution in [2.45, 2.75) is 6.42 Å². The maximum absolute atomic E-state index is 13.4. The first-order chi connectivity index (χ1) is 6.74. The Kier molecular flexibility index (Phi) is 2.53. The number of nitriles is 1.